The van der Waals surface area contributed by atoms with Crippen LogP contribution in [0.25, 0.3) is 0 Å². The minimum atomic E-state index is -1.13. The Kier molecular flexibility index (Phi) is 3.68. The highest BCUT2D eigenvalue weighted by atomic mass is 16.6. The first kappa shape index (κ1) is 10.6. The van der Waals surface area contributed by atoms with Crippen LogP contribution in [0.2, 0.25) is 0 Å². The average Bonchev–Trinajstić information content (AvgIpc) is 1.87. The van der Waals surface area contributed by atoms with Gasteiger partial charge in [-0.25, -0.2) is 0 Å². The van der Waals surface area contributed by atoms with Crippen molar-refractivity contribution in [3.8, 4) is 0 Å². The van der Waals surface area contributed by atoms with Gasteiger partial charge in [0.05, 0.1) is 0 Å². The van der Waals surface area contributed by atoms with Crippen LogP contribution in [0.3, 0.4) is 0 Å². The Bertz CT molecular complexity index is 126. The first-order valence-corrected chi connectivity index (χ1v) is 3.50. The van der Waals surface area contributed by atoms with E-state index in [-0.39, 0.29) is 6.54 Å². The molecule has 0 saturated heterocycles. The van der Waals surface area contributed by atoms with Crippen molar-refractivity contribution in [2.75, 3.05) is 6.54 Å². The maximum Gasteiger partial charge on any atom is 0.189 e. The van der Waals surface area contributed by atoms with Crippen molar-refractivity contribution in [3.63, 3.8) is 0 Å². The van der Waals surface area contributed by atoms with E-state index >= 15 is 0 Å². The summed E-state index contributed by atoms with van der Waals surface area (Å²) in [4.78, 5) is 0. The Morgan fingerprint density at radius 1 is 1.45 bits per heavy atom. The number of aliphatic hydroxyl groups excluding tert-OH is 2. The minimum absolute atomic E-state index is 0.00926. The first-order chi connectivity index (χ1) is 4.95. The van der Waals surface area contributed by atoms with Crippen LogP contribution in [0.1, 0.15) is 13.8 Å². The lowest BCUT2D eigenvalue weighted by atomic mass is 10.4. The molecule has 0 saturated carbocycles. The van der Waals surface area contributed by atoms with Crippen LogP contribution >= 0.6 is 0 Å². The van der Waals surface area contributed by atoms with E-state index in [1.165, 1.54) is 19.9 Å². The van der Waals surface area contributed by atoms with Crippen LogP contribution in [0.4, 0.5) is 0 Å². The van der Waals surface area contributed by atoms with Gasteiger partial charge in [-0.1, -0.05) is 6.58 Å². The van der Waals surface area contributed by atoms with Gasteiger partial charge in [-0.3, -0.25) is 0 Å². The molecule has 0 fully saturated rings. The normalized spacial score (nSPS) is 21.9. The van der Waals surface area contributed by atoms with E-state index in [4.69, 9.17) is 10.2 Å². The number of quaternary nitrogens is 1. The number of hydroxylamine groups is 3. The molecule has 0 aliphatic rings. The topological polar surface area (TPSA) is 63.5 Å². The smallest absolute Gasteiger partial charge is 0.189 e. The molecular formula is C7H15NO3. The summed E-state index contributed by atoms with van der Waals surface area (Å²) in [6, 6.07) is 0. The van der Waals surface area contributed by atoms with Crippen molar-refractivity contribution in [2.45, 2.75) is 26.3 Å². The van der Waals surface area contributed by atoms with Crippen LogP contribution in [0.15, 0.2) is 12.7 Å². The van der Waals surface area contributed by atoms with Gasteiger partial charge in [-0.05, 0) is 6.08 Å². The highest BCUT2D eigenvalue weighted by Crippen LogP contribution is 2.13. The molecule has 0 rings (SSSR count). The lowest BCUT2D eigenvalue weighted by Gasteiger charge is -2.46. The Balaban J connectivity index is 4.37. The fourth-order valence-corrected chi connectivity index (χ4v) is 0.819. The summed E-state index contributed by atoms with van der Waals surface area (Å²) < 4.78 is -1.05. The van der Waals surface area contributed by atoms with Gasteiger partial charge in [-0.2, -0.15) is 0 Å². The summed E-state index contributed by atoms with van der Waals surface area (Å²) in [6.07, 6.45) is -0.882. The molecule has 66 valence electrons. The summed E-state index contributed by atoms with van der Waals surface area (Å²) in [6.45, 7) is 6.08. The average molecular weight is 161 g/mol. The van der Waals surface area contributed by atoms with Gasteiger partial charge >= 0.3 is 0 Å². The largest absolute Gasteiger partial charge is 0.629 e. The van der Waals surface area contributed by atoms with E-state index in [2.05, 4.69) is 6.58 Å². The zero-order chi connectivity index (χ0) is 9.07. The number of nitrogens with zero attached hydrogens (tertiary/aromatic N) is 1. The lowest BCUT2D eigenvalue weighted by Crippen LogP contribution is -2.55. The molecule has 0 aliphatic carbocycles. The van der Waals surface area contributed by atoms with Crippen LogP contribution in [0.5, 0.6) is 0 Å². The van der Waals surface area contributed by atoms with Gasteiger partial charge in [0.1, 0.15) is 6.54 Å². The quantitative estimate of drug-likeness (QED) is 0.267. The zero-order valence-corrected chi connectivity index (χ0v) is 6.90. The van der Waals surface area contributed by atoms with E-state index in [1.807, 2.05) is 0 Å². The Labute approximate surface area is 66.5 Å². The highest BCUT2D eigenvalue weighted by molar-refractivity contribution is 4.67. The third kappa shape index (κ3) is 2.27. The third-order valence-corrected chi connectivity index (χ3v) is 1.68. The Morgan fingerprint density at radius 3 is 1.91 bits per heavy atom. The standard InChI is InChI=1S/C7H15NO3/c1-4-5-8(11,6(2)9)7(3)10/h4,6-7,9-10H,1,5H2,2-3H3. The van der Waals surface area contributed by atoms with E-state index in [9.17, 15) is 5.21 Å². The molecule has 0 amide bonds. The molecule has 2 unspecified atom stereocenters. The van der Waals surface area contributed by atoms with Crippen LogP contribution < -0.4 is 0 Å². The molecule has 0 aromatic heterocycles. The second-order valence-corrected chi connectivity index (χ2v) is 2.59. The van der Waals surface area contributed by atoms with E-state index in [0.29, 0.717) is 0 Å². The lowest BCUT2D eigenvalue weighted by molar-refractivity contribution is -0.960. The Hall–Kier alpha value is -0.420. The van der Waals surface area contributed by atoms with Gasteiger partial charge in [-0.15, -0.1) is 0 Å². The molecular weight excluding hydrogens is 146 g/mol. The summed E-state index contributed by atoms with van der Waals surface area (Å²) in [5.41, 5.74) is 0. The van der Waals surface area contributed by atoms with Crippen molar-refractivity contribution in [1.82, 2.24) is 0 Å². The summed E-state index contributed by atoms with van der Waals surface area (Å²) in [5.74, 6) is 0. The zero-order valence-electron chi connectivity index (χ0n) is 6.90. The summed E-state index contributed by atoms with van der Waals surface area (Å²) in [5, 5.41) is 29.5. The number of rotatable bonds is 4. The van der Waals surface area contributed by atoms with Crippen molar-refractivity contribution in [2.24, 2.45) is 0 Å². The van der Waals surface area contributed by atoms with Gasteiger partial charge in [0.15, 0.2) is 12.5 Å². The fraction of sp³-hybridized carbons (Fsp3) is 0.714. The fourth-order valence-electron chi connectivity index (χ4n) is 0.819. The molecule has 2 N–H and O–H groups in total. The SMILES string of the molecule is C=CC[N+]([O-])(C(C)O)C(C)O. The molecule has 0 radical (unpaired) electrons. The second-order valence-electron chi connectivity index (χ2n) is 2.59. The maximum absolute atomic E-state index is 11.5. The molecule has 0 bridgehead atoms. The van der Waals surface area contributed by atoms with Crippen LogP contribution in [0, 0.1) is 5.21 Å². The van der Waals surface area contributed by atoms with Crippen molar-refractivity contribution >= 4 is 0 Å². The third-order valence-electron chi connectivity index (χ3n) is 1.68. The Morgan fingerprint density at radius 2 is 1.82 bits per heavy atom. The van der Waals surface area contributed by atoms with Gasteiger partial charge in [0.2, 0.25) is 0 Å². The molecule has 2 atom stereocenters. The first-order valence-electron chi connectivity index (χ1n) is 3.50. The molecule has 4 nitrogen and oxygen atoms in total. The van der Waals surface area contributed by atoms with Gasteiger partial charge < -0.3 is 20.1 Å². The predicted octanol–water partition coefficient (Wildman–Crippen LogP) is 0.164. The molecule has 11 heavy (non-hydrogen) atoms. The number of aliphatic hydroxyl groups is 2. The number of hydrogen-bond donors (Lipinski definition) is 2. The molecule has 4 heteroatoms. The molecule has 0 spiro atoms. The maximum atomic E-state index is 11.5. The van der Waals surface area contributed by atoms with Crippen molar-refractivity contribution in [3.05, 3.63) is 17.9 Å². The van der Waals surface area contributed by atoms with Gasteiger partial charge in [0.25, 0.3) is 0 Å². The van der Waals surface area contributed by atoms with Crippen molar-refractivity contribution in [1.29, 1.82) is 0 Å². The monoisotopic (exact) mass is 161 g/mol. The summed E-state index contributed by atoms with van der Waals surface area (Å²) in [7, 11) is 0. The molecule has 0 heterocycles. The van der Waals surface area contributed by atoms with E-state index in [0.717, 1.165) is 0 Å². The molecule has 0 aromatic carbocycles. The van der Waals surface area contributed by atoms with Crippen LogP contribution in [-0.2, 0) is 0 Å². The number of hydrogen-bond acceptors (Lipinski definition) is 3. The molecule has 0 aliphatic heterocycles. The molecule has 0 aromatic rings. The van der Waals surface area contributed by atoms with Gasteiger partial charge in [0, 0.05) is 13.8 Å². The second kappa shape index (κ2) is 3.82. The highest BCUT2D eigenvalue weighted by Gasteiger charge is 2.26. The van der Waals surface area contributed by atoms with E-state index in [1.54, 1.807) is 0 Å². The van der Waals surface area contributed by atoms with E-state index < -0.39 is 17.1 Å². The predicted molar refractivity (Wildman–Crippen MR) is 42.1 cm³/mol. The minimum Gasteiger partial charge on any atom is -0.629 e. The van der Waals surface area contributed by atoms with Crippen molar-refractivity contribution < 1.29 is 14.9 Å². The summed E-state index contributed by atoms with van der Waals surface area (Å²) >= 11 is 0. The van der Waals surface area contributed by atoms with Crippen LogP contribution in [-0.4, -0.2) is 33.9 Å².